The minimum atomic E-state index is -0.00750. The molecule has 0 spiro atoms. The molecule has 92 valence electrons. The van der Waals surface area contributed by atoms with Crippen molar-refractivity contribution in [2.75, 3.05) is 6.54 Å². The highest BCUT2D eigenvalue weighted by Gasteiger charge is 2.29. The summed E-state index contributed by atoms with van der Waals surface area (Å²) >= 11 is 6.17. The van der Waals surface area contributed by atoms with Crippen LogP contribution in [-0.4, -0.2) is 17.8 Å². The van der Waals surface area contributed by atoms with Gasteiger partial charge >= 0.3 is 0 Å². The lowest BCUT2D eigenvalue weighted by molar-refractivity contribution is 0.0952. The van der Waals surface area contributed by atoms with Gasteiger partial charge in [0.2, 0.25) is 0 Å². The van der Waals surface area contributed by atoms with Crippen molar-refractivity contribution in [1.29, 1.82) is 0 Å². The lowest BCUT2D eigenvalue weighted by Crippen LogP contribution is -2.31. The lowest BCUT2D eigenvalue weighted by Gasteiger charge is -2.12. The zero-order chi connectivity index (χ0) is 12.4. The molecule has 1 fully saturated rings. The Kier molecular flexibility index (Phi) is 3.72. The number of carbonyl (C=O) groups is 1. The highest BCUT2D eigenvalue weighted by Crippen LogP contribution is 2.35. The van der Waals surface area contributed by atoms with Crippen LogP contribution in [0.3, 0.4) is 0 Å². The van der Waals surface area contributed by atoms with Crippen LogP contribution in [-0.2, 0) is 0 Å². The molecule has 1 amide bonds. The third kappa shape index (κ3) is 3.01. The van der Waals surface area contributed by atoms with E-state index in [1.807, 2.05) is 32.0 Å². The molecule has 0 radical (unpaired) electrons. The summed E-state index contributed by atoms with van der Waals surface area (Å²) in [5, 5.41) is 3.02. The zero-order valence-corrected chi connectivity index (χ0v) is 11.1. The number of hydrogen-bond donors (Lipinski definition) is 1. The number of nitrogens with one attached hydrogen (secondary N) is 1. The summed E-state index contributed by atoms with van der Waals surface area (Å²) < 4.78 is 0. The van der Waals surface area contributed by atoms with Crippen molar-refractivity contribution in [1.82, 2.24) is 5.32 Å². The molecule has 1 saturated carbocycles. The summed E-state index contributed by atoms with van der Waals surface area (Å²) in [5.74, 6) is 0.599. The van der Waals surface area contributed by atoms with Crippen molar-refractivity contribution >= 4 is 17.5 Å². The van der Waals surface area contributed by atoms with Gasteiger partial charge in [0.15, 0.2) is 0 Å². The molecule has 1 aromatic carbocycles. The van der Waals surface area contributed by atoms with E-state index in [9.17, 15) is 4.79 Å². The second-order valence-corrected chi connectivity index (χ2v) is 5.39. The first kappa shape index (κ1) is 12.4. The third-order valence-electron chi connectivity index (χ3n) is 3.30. The molecule has 2 nitrogen and oxygen atoms in total. The molecule has 3 heteroatoms. The molecule has 1 aliphatic rings. The van der Waals surface area contributed by atoms with Crippen LogP contribution >= 0.6 is 11.6 Å². The molecule has 2 rings (SSSR count). The minimum Gasteiger partial charge on any atom is -0.351 e. The van der Waals surface area contributed by atoms with Crippen molar-refractivity contribution in [2.24, 2.45) is 5.92 Å². The largest absolute Gasteiger partial charge is 0.351 e. The van der Waals surface area contributed by atoms with E-state index in [1.54, 1.807) is 0 Å². The summed E-state index contributed by atoms with van der Waals surface area (Å²) in [6.07, 6.45) is 2.40. The average molecular weight is 252 g/mol. The fourth-order valence-corrected chi connectivity index (χ4v) is 2.40. The number of benzene rings is 1. The Morgan fingerprint density at radius 1 is 1.41 bits per heavy atom. The van der Waals surface area contributed by atoms with Gasteiger partial charge in [-0.3, -0.25) is 4.79 Å². The second kappa shape index (κ2) is 5.09. The maximum absolute atomic E-state index is 12.1. The van der Waals surface area contributed by atoms with E-state index in [0.717, 1.165) is 16.7 Å². The quantitative estimate of drug-likeness (QED) is 0.819. The first-order valence-corrected chi connectivity index (χ1v) is 6.51. The van der Waals surface area contributed by atoms with Crippen LogP contribution in [0.1, 0.15) is 34.3 Å². The van der Waals surface area contributed by atoms with Crippen molar-refractivity contribution in [3.05, 3.63) is 34.9 Å². The second-order valence-electron chi connectivity index (χ2n) is 4.83. The number of hydrogen-bond acceptors (Lipinski definition) is 1. The summed E-state index contributed by atoms with van der Waals surface area (Å²) in [6.45, 7) is 4.49. The van der Waals surface area contributed by atoms with Gasteiger partial charge in [-0.05, 0) is 43.7 Å². The average Bonchev–Trinajstić information content (AvgIpc) is 3.09. The van der Waals surface area contributed by atoms with Crippen molar-refractivity contribution in [3.63, 3.8) is 0 Å². The monoisotopic (exact) mass is 251 g/mol. The molecule has 0 bridgehead atoms. The van der Waals surface area contributed by atoms with Crippen molar-refractivity contribution in [3.8, 4) is 0 Å². The fraction of sp³-hybridized carbons (Fsp3) is 0.500. The van der Waals surface area contributed by atoms with Gasteiger partial charge in [-0.2, -0.15) is 0 Å². The maximum Gasteiger partial charge on any atom is 0.251 e. The van der Waals surface area contributed by atoms with Crippen LogP contribution in [0.4, 0.5) is 0 Å². The number of aryl methyl sites for hydroxylation is 2. The van der Waals surface area contributed by atoms with Gasteiger partial charge in [-0.25, -0.2) is 0 Å². The summed E-state index contributed by atoms with van der Waals surface area (Å²) in [7, 11) is 0. The number of rotatable bonds is 4. The Morgan fingerprint density at radius 3 is 2.53 bits per heavy atom. The van der Waals surface area contributed by atoms with Gasteiger partial charge in [-0.15, -0.1) is 11.6 Å². The molecule has 1 atom stereocenters. The van der Waals surface area contributed by atoms with Crippen LogP contribution in [0, 0.1) is 19.8 Å². The summed E-state index contributed by atoms with van der Waals surface area (Å²) in [5.41, 5.74) is 2.81. The molecule has 1 aliphatic carbocycles. The zero-order valence-electron chi connectivity index (χ0n) is 10.3. The lowest BCUT2D eigenvalue weighted by atomic mass is 10.0. The smallest absolute Gasteiger partial charge is 0.251 e. The van der Waals surface area contributed by atoms with Crippen LogP contribution in [0.15, 0.2) is 18.2 Å². The highest BCUT2D eigenvalue weighted by molar-refractivity contribution is 6.21. The van der Waals surface area contributed by atoms with Crippen LogP contribution in [0.5, 0.6) is 0 Å². The number of halogens is 1. The van der Waals surface area contributed by atoms with E-state index >= 15 is 0 Å². The third-order valence-corrected chi connectivity index (χ3v) is 3.81. The SMILES string of the molecule is Cc1cccc(C)c1C(=O)NCC(Cl)C1CC1. The Hall–Kier alpha value is -1.02. The summed E-state index contributed by atoms with van der Waals surface area (Å²) in [4.78, 5) is 12.1. The van der Waals surface area contributed by atoms with Gasteiger partial charge in [-0.1, -0.05) is 18.2 Å². The molecule has 17 heavy (non-hydrogen) atoms. The first-order chi connectivity index (χ1) is 8.09. The molecule has 0 aliphatic heterocycles. The van der Waals surface area contributed by atoms with Gasteiger partial charge in [0.1, 0.15) is 0 Å². The van der Waals surface area contributed by atoms with Gasteiger partial charge in [0, 0.05) is 12.1 Å². The van der Waals surface area contributed by atoms with E-state index in [4.69, 9.17) is 11.6 Å². The van der Waals surface area contributed by atoms with Gasteiger partial charge in [0.05, 0.1) is 5.38 Å². The van der Waals surface area contributed by atoms with Crippen LogP contribution < -0.4 is 5.32 Å². The fourth-order valence-electron chi connectivity index (χ4n) is 2.08. The number of carbonyl (C=O) groups excluding carboxylic acids is 1. The van der Waals surface area contributed by atoms with Crippen LogP contribution in [0.25, 0.3) is 0 Å². The predicted molar refractivity (Wildman–Crippen MR) is 70.6 cm³/mol. The number of amides is 1. The van der Waals surface area contributed by atoms with Crippen molar-refractivity contribution < 1.29 is 4.79 Å². The van der Waals surface area contributed by atoms with E-state index in [2.05, 4.69) is 5.32 Å². The van der Waals surface area contributed by atoms with E-state index in [0.29, 0.717) is 12.5 Å². The Morgan fingerprint density at radius 2 is 2.00 bits per heavy atom. The first-order valence-electron chi connectivity index (χ1n) is 6.08. The minimum absolute atomic E-state index is 0.00750. The van der Waals surface area contributed by atoms with E-state index in [-0.39, 0.29) is 11.3 Å². The molecular formula is C14H18ClNO. The Labute approximate surface area is 107 Å². The Balaban J connectivity index is 1.99. The molecule has 1 N–H and O–H groups in total. The van der Waals surface area contributed by atoms with Gasteiger partial charge in [0.25, 0.3) is 5.91 Å². The number of alkyl halides is 1. The van der Waals surface area contributed by atoms with Crippen LogP contribution in [0.2, 0.25) is 0 Å². The van der Waals surface area contributed by atoms with Gasteiger partial charge < -0.3 is 5.32 Å². The predicted octanol–water partition coefficient (Wildman–Crippen LogP) is 3.05. The molecule has 0 aromatic heterocycles. The maximum atomic E-state index is 12.1. The molecule has 1 unspecified atom stereocenters. The molecule has 1 aromatic rings. The van der Waals surface area contributed by atoms with E-state index in [1.165, 1.54) is 12.8 Å². The normalized spacial score (nSPS) is 16.6. The highest BCUT2D eigenvalue weighted by atomic mass is 35.5. The van der Waals surface area contributed by atoms with E-state index < -0.39 is 0 Å². The standard InChI is InChI=1S/C14H18ClNO/c1-9-4-3-5-10(2)13(9)14(17)16-8-12(15)11-6-7-11/h3-5,11-12H,6-8H2,1-2H3,(H,16,17). The molecule has 0 heterocycles. The van der Waals surface area contributed by atoms with Crippen molar-refractivity contribution in [2.45, 2.75) is 32.1 Å². The summed E-state index contributed by atoms with van der Waals surface area (Å²) in [6, 6.07) is 5.89. The topological polar surface area (TPSA) is 29.1 Å². The molecular weight excluding hydrogens is 234 g/mol. The Bertz CT molecular complexity index is 406. The molecule has 0 saturated heterocycles.